The van der Waals surface area contributed by atoms with Crippen LogP contribution in [0.5, 0.6) is 11.5 Å². The number of aromatic nitrogens is 1. The summed E-state index contributed by atoms with van der Waals surface area (Å²) in [6.07, 6.45) is 7.58. The zero-order valence-corrected chi connectivity index (χ0v) is 14.8. The van der Waals surface area contributed by atoms with Gasteiger partial charge in [-0.2, -0.15) is 4.73 Å². The number of hydrogen-bond acceptors (Lipinski definition) is 3. The molecular formula is C18H18Cl2NO3. The second kappa shape index (κ2) is 7.49. The van der Waals surface area contributed by atoms with Gasteiger partial charge in [0.2, 0.25) is 0 Å². The Kier molecular flexibility index (Phi) is 5.36. The highest BCUT2D eigenvalue weighted by molar-refractivity contribution is 6.35. The molecule has 0 saturated heterocycles. The van der Waals surface area contributed by atoms with Crippen LogP contribution in [-0.4, -0.2) is 13.7 Å². The minimum atomic E-state index is 0.354. The van der Waals surface area contributed by atoms with E-state index in [0.717, 1.165) is 29.2 Å². The summed E-state index contributed by atoms with van der Waals surface area (Å²) in [4.78, 5) is 0. The first kappa shape index (κ1) is 17.2. The minimum absolute atomic E-state index is 0.354. The van der Waals surface area contributed by atoms with Crippen LogP contribution in [-0.2, 0) is 6.42 Å². The first-order valence-corrected chi connectivity index (χ1v) is 8.53. The minimum Gasteiger partial charge on any atom is -0.619 e. The lowest BCUT2D eigenvalue weighted by Gasteiger charge is -2.12. The van der Waals surface area contributed by atoms with Gasteiger partial charge in [0.15, 0.2) is 23.9 Å². The van der Waals surface area contributed by atoms with Crippen molar-refractivity contribution in [3.8, 4) is 11.5 Å². The van der Waals surface area contributed by atoms with Crippen LogP contribution in [0.1, 0.15) is 24.0 Å². The van der Waals surface area contributed by atoms with Gasteiger partial charge in [-0.15, -0.1) is 0 Å². The molecule has 1 aliphatic rings. The van der Waals surface area contributed by atoms with E-state index in [1.807, 2.05) is 24.6 Å². The van der Waals surface area contributed by atoms with Crippen molar-refractivity contribution in [1.82, 2.24) is 0 Å². The molecule has 0 spiro atoms. The summed E-state index contributed by atoms with van der Waals surface area (Å²) < 4.78 is 11.8. The van der Waals surface area contributed by atoms with Gasteiger partial charge in [-0.05, 0) is 49.3 Å². The van der Waals surface area contributed by atoms with E-state index in [0.29, 0.717) is 27.1 Å². The molecule has 24 heavy (non-hydrogen) atoms. The maximum Gasteiger partial charge on any atom is 0.199 e. The normalized spacial score (nSPS) is 13.8. The molecule has 4 nitrogen and oxygen atoms in total. The SMILES string of the molecule is COc1ccc([CH]Cc2c(Cl)c[n+]([O-])cc2Cl)cc1OCC1CC1. The Morgan fingerprint density at radius 2 is 1.92 bits per heavy atom. The molecule has 1 aliphatic carbocycles. The van der Waals surface area contributed by atoms with Crippen LogP contribution < -0.4 is 14.2 Å². The number of methoxy groups -OCH3 is 1. The Morgan fingerprint density at radius 1 is 1.21 bits per heavy atom. The van der Waals surface area contributed by atoms with Crippen LogP contribution in [0.15, 0.2) is 30.6 Å². The van der Waals surface area contributed by atoms with Gasteiger partial charge in [-0.25, -0.2) is 0 Å². The fourth-order valence-electron chi connectivity index (χ4n) is 2.37. The fourth-order valence-corrected chi connectivity index (χ4v) is 2.97. The number of pyridine rings is 1. The van der Waals surface area contributed by atoms with E-state index in [4.69, 9.17) is 32.7 Å². The highest BCUT2D eigenvalue weighted by Crippen LogP contribution is 2.34. The number of hydrogen-bond donors (Lipinski definition) is 0. The quantitative estimate of drug-likeness (QED) is 0.544. The van der Waals surface area contributed by atoms with Gasteiger partial charge >= 0.3 is 0 Å². The number of rotatable bonds is 7. The molecule has 0 aliphatic heterocycles. The molecule has 1 fully saturated rings. The molecule has 2 aromatic rings. The third-order valence-electron chi connectivity index (χ3n) is 3.96. The van der Waals surface area contributed by atoms with Crippen LogP contribution in [0.25, 0.3) is 0 Å². The van der Waals surface area contributed by atoms with Crippen molar-refractivity contribution in [2.75, 3.05) is 13.7 Å². The Bertz CT molecular complexity index is 709. The number of ether oxygens (including phenoxy) is 2. The first-order valence-electron chi connectivity index (χ1n) is 7.77. The maximum absolute atomic E-state index is 11.3. The fraction of sp³-hybridized carbons (Fsp3) is 0.333. The lowest BCUT2D eigenvalue weighted by molar-refractivity contribution is -0.605. The molecule has 6 heteroatoms. The highest BCUT2D eigenvalue weighted by atomic mass is 35.5. The second-order valence-electron chi connectivity index (χ2n) is 5.87. The van der Waals surface area contributed by atoms with Crippen molar-refractivity contribution in [1.29, 1.82) is 0 Å². The summed E-state index contributed by atoms with van der Waals surface area (Å²) in [5.41, 5.74) is 1.70. The molecule has 0 bridgehead atoms. The Hall–Kier alpha value is -1.65. The summed E-state index contributed by atoms with van der Waals surface area (Å²) in [7, 11) is 1.63. The molecule has 1 saturated carbocycles. The number of halogens is 2. The van der Waals surface area contributed by atoms with Gasteiger partial charge in [0.25, 0.3) is 0 Å². The monoisotopic (exact) mass is 366 g/mol. The van der Waals surface area contributed by atoms with E-state index in [1.165, 1.54) is 25.2 Å². The smallest absolute Gasteiger partial charge is 0.199 e. The summed E-state index contributed by atoms with van der Waals surface area (Å²) in [6, 6.07) is 5.77. The zero-order valence-electron chi connectivity index (χ0n) is 13.3. The van der Waals surface area contributed by atoms with Crippen LogP contribution in [0.2, 0.25) is 10.0 Å². The maximum atomic E-state index is 11.3. The van der Waals surface area contributed by atoms with Gasteiger partial charge in [-0.1, -0.05) is 29.3 Å². The van der Waals surface area contributed by atoms with Gasteiger partial charge < -0.3 is 14.7 Å². The van der Waals surface area contributed by atoms with Gasteiger partial charge in [0.1, 0.15) is 10.0 Å². The van der Waals surface area contributed by atoms with E-state index in [-0.39, 0.29) is 0 Å². The molecule has 1 aromatic heterocycles. The van der Waals surface area contributed by atoms with E-state index in [1.54, 1.807) is 7.11 Å². The lowest BCUT2D eigenvalue weighted by atomic mass is 10.0. The van der Waals surface area contributed by atoms with Crippen LogP contribution >= 0.6 is 23.2 Å². The largest absolute Gasteiger partial charge is 0.619 e. The Balaban J connectivity index is 1.71. The third kappa shape index (κ3) is 4.25. The average molecular weight is 367 g/mol. The van der Waals surface area contributed by atoms with Crippen LogP contribution in [0.3, 0.4) is 0 Å². The molecule has 1 aromatic carbocycles. The van der Waals surface area contributed by atoms with Crippen molar-refractivity contribution in [2.45, 2.75) is 19.3 Å². The van der Waals surface area contributed by atoms with Crippen LogP contribution in [0.4, 0.5) is 0 Å². The summed E-state index contributed by atoms with van der Waals surface area (Å²) in [6.45, 7) is 0.722. The molecule has 0 atom stereocenters. The summed E-state index contributed by atoms with van der Waals surface area (Å²) in [5, 5.41) is 12.0. The van der Waals surface area contributed by atoms with E-state index in [9.17, 15) is 5.21 Å². The lowest BCUT2D eigenvalue weighted by Crippen LogP contribution is -2.25. The molecule has 0 N–H and O–H groups in total. The van der Waals surface area contributed by atoms with E-state index in [2.05, 4.69) is 0 Å². The van der Waals surface area contributed by atoms with Crippen LogP contribution in [0, 0.1) is 17.5 Å². The Morgan fingerprint density at radius 3 is 2.54 bits per heavy atom. The molecule has 1 radical (unpaired) electrons. The second-order valence-corrected chi connectivity index (χ2v) is 6.68. The molecular weight excluding hydrogens is 349 g/mol. The van der Waals surface area contributed by atoms with Gasteiger partial charge in [0.05, 0.1) is 13.7 Å². The number of nitrogens with zero attached hydrogens (tertiary/aromatic N) is 1. The summed E-state index contributed by atoms with van der Waals surface area (Å²) in [5.74, 6) is 2.12. The standard InChI is InChI=1S/C18H18Cl2NO3/c1-23-17-7-5-12(8-18(17)24-11-13-2-3-13)4-6-14-15(19)9-21(22)10-16(14)20/h4-5,7-10,13H,2-3,6,11H2,1H3. The van der Waals surface area contributed by atoms with Gasteiger partial charge in [-0.3, -0.25) is 0 Å². The van der Waals surface area contributed by atoms with E-state index < -0.39 is 0 Å². The third-order valence-corrected chi connectivity index (χ3v) is 4.61. The Labute approximate surface area is 151 Å². The zero-order chi connectivity index (χ0) is 17.1. The predicted molar refractivity (Wildman–Crippen MR) is 93.7 cm³/mol. The number of benzene rings is 1. The molecule has 1 heterocycles. The highest BCUT2D eigenvalue weighted by Gasteiger charge is 2.22. The molecule has 127 valence electrons. The summed E-state index contributed by atoms with van der Waals surface area (Å²) >= 11 is 12.2. The van der Waals surface area contributed by atoms with Crippen molar-refractivity contribution in [3.63, 3.8) is 0 Å². The van der Waals surface area contributed by atoms with Crippen molar-refractivity contribution in [3.05, 3.63) is 63.4 Å². The van der Waals surface area contributed by atoms with E-state index >= 15 is 0 Å². The molecule has 3 rings (SSSR count). The van der Waals surface area contributed by atoms with Crippen molar-refractivity contribution < 1.29 is 14.2 Å². The average Bonchev–Trinajstić information content (AvgIpc) is 3.36. The first-order chi connectivity index (χ1) is 11.6. The molecule has 0 unspecified atom stereocenters. The van der Waals surface area contributed by atoms with Crippen molar-refractivity contribution in [2.24, 2.45) is 5.92 Å². The van der Waals surface area contributed by atoms with Crippen molar-refractivity contribution >= 4 is 23.2 Å². The topological polar surface area (TPSA) is 45.4 Å². The molecule has 0 amide bonds. The van der Waals surface area contributed by atoms with Gasteiger partial charge in [0, 0.05) is 5.56 Å². The predicted octanol–water partition coefficient (Wildman–Crippen LogP) is 4.22.